The van der Waals surface area contributed by atoms with E-state index in [1.54, 1.807) is 6.07 Å². The summed E-state index contributed by atoms with van der Waals surface area (Å²) in [7, 11) is 0. The molecule has 0 amide bonds. The molecule has 2 aromatic carbocycles. The molecule has 0 saturated heterocycles. The van der Waals surface area contributed by atoms with Gasteiger partial charge in [0.15, 0.2) is 0 Å². The summed E-state index contributed by atoms with van der Waals surface area (Å²) in [5, 5.41) is 0.280. The Kier molecular flexibility index (Phi) is 3.90. The van der Waals surface area contributed by atoms with E-state index in [-0.39, 0.29) is 21.1 Å². The third-order valence-electron chi connectivity index (χ3n) is 3.04. The molecule has 0 radical (unpaired) electrons. The van der Waals surface area contributed by atoms with E-state index in [2.05, 4.69) is 20.9 Å². The summed E-state index contributed by atoms with van der Waals surface area (Å²) < 4.78 is 29.7. The minimum atomic E-state index is -0.531. The molecule has 0 aliphatic carbocycles. The van der Waals surface area contributed by atoms with E-state index in [0.717, 1.165) is 0 Å². The SMILES string of the molecule is Fc1cc2c(cc1Br)nc(CCl)n2-c1ccc(Cl)cc1F. The van der Waals surface area contributed by atoms with Crippen molar-refractivity contribution < 1.29 is 8.78 Å². The predicted octanol–water partition coefficient (Wildman–Crippen LogP) is 5.46. The van der Waals surface area contributed by atoms with Gasteiger partial charge in [0.2, 0.25) is 0 Å². The first-order valence-electron chi connectivity index (χ1n) is 5.89. The molecule has 1 aromatic heterocycles. The molecule has 0 aliphatic rings. The van der Waals surface area contributed by atoms with E-state index in [1.165, 1.54) is 28.8 Å². The summed E-state index contributed by atoms with van der Waals surface area (Å²) in [6.07, 6.45) is 0. The van der Waals surface area contributed by atoms with Gasteiger partial charge in [0.05, 0.1) is 27.1 Å². The van der Waals surface area contributed by atoms with Gasteiger partial charge < -0.3 is 0 Å². The second kappa shape index (κ2) is 5.55. The highest BCUT2D eigenvalue weighted by Crippen LogP contribution is 2.29. The summed E-state index contributed by atoms with van der Waals surface area (Å²) in [6, 6.07) is 7.07. The first-order valence-corrected chi connectivity index (χ1v) is 7.59. The van der Waals surface area contributed by atoms with E-state index >= 15 is 0 Å². The van der Waals surface area contributed by atoms with E-state index in [1.807, 2.05) is 0 Å². The number of hydrogen-bond acceptors (Lipinski definition) is 1. The molecule has 108 valence electrons. The first kappa shape index (κ1) is 14.8. The largest absolute Gasteiger partial charge is 0.292 e. The number of nitrogens with zero attached hydrogens (tertiary/aromatic N) is 2. The minimum absolute atomic E-state index is 0.0655. The Morgan fingerprint density at radius 1 is 1.14 bits per heavy atom. The van der Waals surface area contributed by atoms with Crippen LogP contribution >= 0.6 is 39.1 Å². The lowest BCUT2D eigenvalue weighted by Crippen LogP contribution is -2.02. The molecule has 0 bridgehead atoms. The fraction of sp³-hybridized carbons (Fsp3) is 0.0714. The zero-order valence-electron chi connectivity index (χ0n) is 10.4. The fourth-order valence-corrected chi connectivity index (χ4v) is 2.81. The molecule has 0 atom stereocenters. The number of rotatable bonds is 2. The van der Waals surface area contributed by atoms with Gasteiger partial charge >= 0.3 is 0 Å². The summed E-state index contributed by atoms with van der Waals surface area (Å²) >= 11 is 14.7. The lowest BCUT2D eigenvalue weighted by atomic mass is 10.2. The number of imidazole rings is 1. The third-order valence-corrected chi connectivity index (χ3v) is 4.12. The fourth-order valence-electron chi connectivity index (χ4n) is 2.14. The van der Waals surface area contributed by atoms with Gasteiger partial charge in [-0.3, -0.25) is 4.57 Å². The lowest BCUT2D eigenvalue weighted by Gasteiger charge is -2.09. The van der Waals surface area contributed by atoms with Crippen molar-refractivity contribution in [2.24, 2.45) is 0 Å². The maximum Gasteiger partial charge on any atom is 0.148 e. The van der Waals surface area contributed by atoms with E-state index in [4.69, 9.17) is 23.2 Å². The maximum absolute atomic E-state index is 14.2. The minimum Gasteiger partial charge on any atom is -0.292 e. The van der Waals surface area contributed by atoms with Crippen molar-refractivity contribution in [2.45, 2.75) is 5.88 Å². The molecule has 0 fully saturated rings. The van der Waals surface area contributed by atoms with Crippen LogP contribution in [0.3, 0.4) is 0 Å². The van der Waals surface area contributed by atoms with Crippen molar-refractivity contribution in [3.63, 3.8) is 0 Å². The van der Waals surface area contributed by atoms with E-state index in [0.29, 0.717) is 16.9 Å². The van der Waals surface area contributed by atoms with Crippen molar-refractivity contribution in [1.82, 2.24) is 9.55 Å². The molecule has 3 aromatic rings. The van der Waals surface area contributed by atoms with Crippen molar-refractivity contribution >= 4 is 50.2 Å². The van der Waals surface area contributed by atoms with Crippen molar-refractivity contribution in [2.75, 3.05) is 0 Å². The van der Waals surface area contributed by atoms with Crippen LogP contribution in [0.15, 0.2) is 34.8 Å². The van der Waals surface area contributed by atoms with Gasteiger partial charge in [-0.1, -0.05) is 11.6 Å². The summed E-state index contributed by atoms with van der Waals surface area (Å²) in [5.41, 5.74) is 1.18. The molecule has 0 saturated carbocycles. The number of halogens is 5. The second-order valence-electron chi connectivity index (χ2n) is 4.35. The average Bonchev–Trinajstić information content (AvgIpc) is 2.77. The average molecular weight is 392 g/mol. The zero-order valence-corrected chi connectivity index (χ0v) is 13.5. The van der Waals surface area contributed by atoms with Crippen LogP contribution in [-0.4, -0.2) is 9.55 Å². The molecular formula is C14H7BrCl2F2N2. The first-order chi connectivity index (χ1) is 10.0. The highest BCUT2D eigenvalue weighted by molar-refractivity contribution is 9.10. The molecule has 1 heterocycles. The molecule has 7 heteroatoms. The Morgan fingerprint density at radius 3 is 2.57 bits per heavy atom. The number of alkyl halides is 1. The molecule has 0 spiro atoms. The summed E-state index contributed by atoms with van der Waals surface area (Å²) in [5.74, 6) is -0.503. The van der Waals surface area contributed by atoms with Crippen molar-refractivity contribution in [3.05, 3.63) is 57.3 Å². The normalized spacial score (nSPS) is 11.3. The summed E-state index contributed by atoms with van der Waals surface area (Å²) in [4.78, 5) is 4.31. The Morgan fingerprint density at radius 2 is 1.90 bits per heavy atom. The lowest BCUT2D eigenvalue weighted by molar-refractivity contribution is 0.615. The predicted molar refractivity (Wildman–Crippen MR) is 83.3 cm³/mol. The Hall–Kier alpha value is -1.17. The van der Waals surface area contributed by atoms with Gasteiger partial charge in [0, 0.05) is 11.1 Å². The zero-order chi connectivity index (χ0) is 15.1. The highest BCUT2D eigenvalue weighted by Gasteiger charge is 2.17. The topological polar surface area (TPSA) is 17.8 Å². The number of aromatic nitrogens is 2. The van der Waals surface area contributed by atoms with Crippen LogP contribution in [0.1, 0.15) is 5.82 Å². The maximum atomic E-state index is 14.2. The van der Waals surface area contributed by atoms with Crippen LogP contribution in [0.5, 0.6) is 0 Å². The Labute approximate surface area is 137 Å². The van der Waals surface area contributed by atoms with Crippen LogP contribution in [0.2, 0.25) is 5.02 Å². The molecule has 0 N–H and O–H groups in total. The smallest absolute Gasteiger partial charge is 0.148 e. The number of benzene rings is 2. The summed E-state index contributed by atoms with van der Waals surface area (Å²) in [6.45, 7) is 0. The van der Waals surface area contributed by atoms with Crippen LogP contribution in [0.25, 0.3) is 16.7 Å². The van der Waals surface area contributed by atoms with Gasteiger partial charge in [-0.25, -0.2) is 13.8 Å². The molecule has 21 heavy (non-hydrogen) atoms. The third kappa shape index (κ3) is 2.54. The molecule has 3 rings (SSSR count). The van der Waals surface area contributed by atoms with Crippen LogP contribution in [-0.2, 0) is 5.88 Å². The van der Waals surface area contributed by atoms with Gasteiger partial charge in [0.1, 0.15) is 17.5 Å². The Balaban J connectivity index is 2.37. The van der Waals surface area contributed by atoms with Crippen molar-refractivity contribution in [1.29, 1.82) is 0 Å². The van der Waals surface area contributed by atoms with Gasteiger partial charge in [-0.05, 0) is 40.2 Å². The van der Waals surface area contributed by atoms with Crippen LogP contribution < -0.4 is 0 Å². The van der Waals surface area contributed by atoms with E-state index in [9.17, 15) is 8.78 Å². The van der Waals surface area contributed by atoms with Gasteiger partial charge in [-0.15, -0.1) is 11.6 Å². The number of fused-ring (bicyclic) bond motifs is 1. The van der Waals surface area contributed by atoms with E-state index < -0.39 is 11.6 Å². The van der Waals surface area contributed by atoms with Crippen LogP contribution in [0, 0.1) is 11.6 Å². The Bertz CT molecular complexity index is 849. The standard InChI is InChI=1S/C14H7BrCl2F2N2/c15-8-4-11-13(5-9(8)18)21(14(6-16)20-11)12-2-1-7(17)3-10(12)19/h1-5H,6H2. The monoisotopic (exact) mass is 390 g/mol. The quantitative estimate of drug-likeness (QED) is 0.530. The van der Waals surface area contributed by atoms with Gasteiger partial charge in [0.25, 0.3) is 0 Å². The van der Waals surface area contributed by atoms with Gasteiger partial charge in [-0.2, -0.15) is 0 Å². The molecule has 0 unspecified atom stereocenters. The highest BCUT2D eigenvalue weighted by atomic mass is 79.9. The number of hydrogen-bond donors (Lipinski definition) is 0. The molecular weight excluding hydrogens is 385 g/mol. The second-order valence-corrected chi connectivity index (χ2v) is 5.91. The molecule has 2 nitrogen and oxygen atoms in total. The molecule has 0 aliphatic heterocycles. The van der Waals surface area contributed by atoms with Crippen LogP contribution in [0.4, 0.5) is 8.78 Å². The van der Waals surface area contributed by atoms with Crippen molar-refractivity contribution in [3.8, 4) is 5.69 Å².